The number of amides is 1. The molecule has 1 atom stereocenters. The van der Waals surface area contributed by atoms with E-state index in [1.807, 2.05) is 48.1 Å². The molecule has 3 rings (SSSR count). The number of benzene rings is 2. The fourth-order valence-electron chi connectivity index (χ4n) is 3.23. The second-order valence-corrected chi connectivity index (χ2v) is 6.52. The average molecular weight is 395 g/mol. The SMILES string of the molecule is COc1cc(CC(=O)N[C@@H](c2ccccc2)c2nccn2C)cc(OC)c1OC. The zero-order chi connectivity index (χ0) is 20.8. The summed E-state index contributed by atoms with van der Waals surface area (Å²) >= 11 is 0. The summed E-state index contributed by atoms with van der Waals surface area (Å²) in [6.45, 7) is 0. The number of aryl methyl sites for hydroxylation is 1. The summed E-state index contributed by atoms with van der Waals surface area (Å²) in [7, 11) is 6.55. The minimum atomic E-state index is -0.356. The number of hydrogen-bond donors (Lipinski definition) is 1. The summed E-state index contributed by atoms with van der Waals surface area (Å²) in [6, 6.07) is 13.0. The van der Waals surface area contributed by atoms with Gasteiger partial charge in [-0.3, -0.25) is 4.79 Å². The quantitative estimate of drug-likeness (QED) is 0.635. The molecule has 1 amide bonds. The second-order valence-electron chi connectivity index (χ2n) is 6.52. The monoisotopic (exact) mass is 395 g/mol. The summed E-state index contributed by atoms with van der Waals surface area (Å²) in [5, 5.41) is 3.09. The van der Waals surface area contributed by atoms with Crippen molar-refractivity contribution in [1.29, 1.82) is 0 Å². The van der Waals surface area contributed by atoms with Crippen LogP contribution in [0.3, 0.4) is 0 Å². The highest BCUT2D eigenvalue weighted by Crippen LogP contribution is 2.38. The van der Waals surface area contributed by atoms with Crippen LogP contribution in [-0.4, -0.2) is 36.8 Å². The van der Waals surface area contributed by atoms with E-state index < -0.39 is 0 Å². The first-order chi connectivity index (χ1) is 14.1. The van der Waals surface area contributed by atoms with Crippen molar-refractivity contribution in [3.05, 3.63) is 71.8 Å². The first-order valence-electron chi connectivity index (χ1n) is 9.17. The number of ether oxygens (including phenoxy) is 3. The van der Waals surface area contributed by atoms with E-state index in [0.717, 1.165) is 17.0 Å². The third-order valence-corrected chi connectivity index (χ3v) is 4.64. The Morgan fingerprint density at radius 1 is 1.07 bits per heavy atom. The number of rotatable bonds is 8. The highest BCUT2D eigenvalue weighted by Gasteiger charge is 2.21. The maximum atomic E-state index is 12.9. The third kappa shape index (κ3) is 4.51. The predicted molar refractivity (Wildman–Crippen MR) is 109 cm³/mol. The molecular formula is C22H25N3O4. The lowest BCUT2D eigenvalue weighted by Gasteiger charge is -2.20. The molecule has 1 N–H and O–H groups in total. The largest absolute Gasteiger partial charge is 0.493 e. The summed E-state index contributed by atoms with van der Waals surface area (Å²) in [5.41, 5.74) is 1.71. The van der Waals surface area contributed by atoms with Crippen molar-refractivity contribution >= 4 is 5.91 Å². The molecule has 0 unspecified atom stereocenters. The maximum absolute atomic E-state index is 12.9. The van der Waals surface area contributed by atoms with Gasteiger partial charge in [0, 0.05) is 19.4 Å². The Hall–Kier alpha value is -3.48. The van der Waals surface area contributed by atoms with Crippen LogP contribution in [0.5, 0.6) is 17.2 Å². The van der Waals surface area contributed by atoms with Gasteiger partial charge in [-0.25, -0.2) is 4.98 Å². The molecule has 0 saturated heterocycles. The predicted octanol–water partition coefficient (Wildman–Crippen LogP) is 2.89. The number of methoxy groups -OCH3 is 3. The number of nitrogens with zero attached hydrogens (tertiary/aromatic N) is 2. The summed E-state index contributed by atoms with van der Waals surface area (Å²) in [6.07, 6.45) is 3.73. The number of carbonyl (C=O) groups excluding carboxylic acids is 1. The van der Waals surface area contributed by atoms with E-state index in [1.54, 1.807) is 39.7 Å². The third-order valence-electron chi connectivity index (χ3n) is 4.64. The molecule has 7 nitrogen and oxygen atoms in total. The molecule has 0 bridgehead atoms. The molecule has 2 aromatic carbocycles. The van der Waals surface area contributed by atoms with Gasteiger partial charge in [-0.05, 0) is 23.3 Å². The first-order valence-corrected chi connectivity index (χ1v) is 9.17. The minimum Gasteiger partial charge on any atom is -0.493 e. The van der Waals surface area contributed by atoms with E-state index >= 15 is 0 Å². The van der Waals surface area contributed by atoms with Gasteiger partial charge in [-0.1, -0.05) is 30.3 Å². The summed E-state index contributed by atoms with van der Waals surface area (Å²) in [5.74, 6) is 2.14. The summed E-state index contributed by atoms with van der Waals surface area (Å²) < 4.78 is 18.0. The molecule has 0 aliphatic heterocycles. The van der Waals surface area contributed by atoms with Gasteiger partial charge in [0.1, 0.15) is 11.9 Å². The van der Waals surface area contributed by atoms with E-state index in [1.165, 1.54) is 0 Å². The van der Waals surface area contributed by atoms with Gasteiger partial charge in [0.25, 0.3) is 0 Å². The number of imidazole rings is 1. The molecule has 0 aliphatic rings. The average Bonchev–Trinajstić information content (AvgIpc) is 3.17. The van der Waals surface area contributed by atoms with Gasteiger partial charge in [0.2, 0.25) is 11.7 Å². The topological polar surface area (TPSA) is 74.6 Å². The summed E-state index contributed by atoms with van der Waals surface area (Å²) in [4.78, 5) is 17.3. The zero-order valence-corrected chi connectivity index (χ0v) is 17.0. The molecule has 7 heteroatoms. The molecule has 0 fully saturated rings. The van der Waals surface area contributed by atoms with E-state index in [0.29, 0.717) is 17.2 Å². The lowest BCUT2D eigenvalue weighted by atomic mass is 10.0. The minimum absolute atomic E-state index is 0.142. The van der Waals surface area contributed by atoms with Crippen LogP contribution in [0.4, 0.5) is 0 Å². The second kappa shape index (κ2) is 9.14. The van der Waals surface area contributed by atoms with Gasteiger partial charge in [0.05, 0.1) is 27.8 Å². The van der Waals surface area contributed by atoms with Crippen LogP contribution in [0, 0.1) is 0 Å². The Kier molecular flexibility index (Phi) is 6.39. The van der Waals surface area contributed by atoms with Gasteiger partial charge in [-0.2, -0.15) is 0 Å². The van der Waals surface area contributed by atoms with Gasteiger partial charge in [-0.15, -0.1) is 0 Å². The van der Waals surface area contributed by atoms with E-state index in [-0.39, 0.29) is 18.4 Å². The van der Waals surface area contributed by atoms with Crippen molar-refractivity contribution < 1.29 is 19.0 Å². The van der Waals surface area contributed by atoms with Crippen LogP contribution >= 0.6 is 0 Å². The maximum Gasteiger partial charge on any atom is 0.225 e. The van der Waals surface area contributed by atoms with Gasteiger partial charge >= 0.3 is 0 Å². The van der Waals surface area contributed by atoms with Gasteiger partial charge < -0.3 is 24.1 Å². The molecule has 0 aliphatic carbocycles. The Morgan fingerprint density at radius 3 is 2.24 bits per heavy atom. The van der Waals surface area contributed by atoms with Crippen LogP contribution < -0.4 is 19.5 Å². The molecule has 0 saturated carbocycles. The number of aromatic nitrogens is 2. The standard InChI is InChI=1S/C22H25N3O4/c1-25-11-10-23-22(25)20(16-8-6-5-7-9-16)24-19(26)14-15-12-17(27-2)21(29-4)18(13-15)28-3/h5-13,20H,14H2,1-4H3,(H,24,26)/t20-/m0/s1. The van der Waals surface area contributed by atoms with Crippen LogP contribution in [0.2, 0.25) is 0 Å². The van der Waals surface area contributed by atoms with Gasteiger partial charge in [0.15, 0.2) is 11.5 Å². The Labute approximate surface area is 170 Å². The van der Waals surface area contributed by atoms with E-state index in [2.05, 4.69) is 10.3 Å². The van der Waals surface area contributed by atoms with E-state index in [4.69, 9.17) is 14.2 Å². The molecular weight excluding hydrogens is 370 g/mol. The fourth-order valence-corrected chi connectivity index (χ4v) is 3.23. The normalized spacial score (nSPS) is 11.6. The van der Waals surface area contributed by atoms with Crippen molar-refractivity contribution in [2.24, 2.45) is 7.05 Å². The molecule has 1 heterocycles. The van der Waals surface area contributed by atoms with Crippen LogP contribution in [0.25, 0.3) is 0 Å². The van der Waals surface area contributed by atoms with Crippen molar-refractivity contribution in [1.82, 2.24) is 14.9 Å². The van der Waals surface area contributed by atoms with Crippen molar-refractivity contribution in [2.75, 3.05) is 21.3 Å². The molecule has 29 heavy (non-hydrogen) atoms. The highest BCUT2D eigenvalue weighted by molar-refractivity contribution is 5.80. The molecule has 152 valence electrons. The highest BCUT2D eigenvalue weighted by atomic mass is 16.5. The number of carbonyl (C=O) groups is 1. The smallest absolute Gasteiger partial charge is 0.225 e. The Bertz CT molecular complexity index is 944. The molecule has 1 aromatic heterocycles. The van der Waals surface area contributed by atoms with Crippen LogP contribution in [0.1, 0.15) is 23.0 Å². The first kappa shape index (κ1) is 20.3. The van der Waals surface area contributed by atoms with E-state index in [9.17, 15) is 4.79 Å². The van der Waals surface area contributed by atoms with Crippen LogP contribution in [0.15, 0.2) is 54.9 Å². The Morgan fingerprint density at radius 2 is 1.72 bits per heavy atom. The van der Waals surface area contributed by atoms with Crippen molar-refractivity contribution in [2.45, 2.75) is 12.5 Å². The van der Waals surface area contributed by atoms with Crippen molar-refractivity contribution in [3.8, 4) is 17.2 Å². The Balaban J connectivity index is 1.85. The molecule has 0 radical (unpaired) electrons. The van der Waals surface area contributed by atoms with Crippen LogP contribution in [-0.2, 0) is 18.3 Å². The lowest BCUT2D eigenvalue weighted by Crippen LogP contribution is -2.32. The molecule has 0 spiro atoms. The molecule has 3 aromatic rings. The lowest BCUT2D eigenvalue weighted by molar-refractivity contribution is -0.121. The zero-order valence-electron chi connectivity index (χ0n) is 17.0. The number of nitrogens with one attached hydrogen (secondary N) is 1. The number of hydrogen-bond acceptors (Lipinski definition) is 5. The fraction of sp³-hybridized carbons (Fsp3) is 0.273. The van der Waals surface area contributed by atoms with Crippen molar-refractivity contribution in [3.63, 3.8) is 0 Å².